The van der Waals surface area contributed by atoms with E-state index in [0.29, 0.717) is 35.1 Å². The molecule has 0 aromatic heterocycles. The molecule has 0 unspecified atom stereocenters. The smallest absolute Gasteiger partial charge is 0.311 e. The van der Waals surface area contributed by atoms with Crippen molar-refractivity contribution in [1.82, 2.24) is 0 Å². The number of rotatable bonds is 4. The number of aryl methyl sites for hydroxylation is 2. The van der Waals surface area contributed by atoms with Crippen molar-refractivity contribution in [2.75, 3.05) is 0 Å². The van der Waals surface area contributed by atoms with Crippen molar-refractivity contribution in [3.63, 3.8) is 0 Å². The molecule has 8 nitrogen and oxygen atoms in total. The van der Waals surface area contributed by atoms with Gasteiger partial charge in [-0.05, 0) is 48.9 Å². The summed E-state index contributed by atoms with van der Waals surface area (Å²) in [5, 5.41) is 43.0. The fourth-order valence-corrected chi connectivity index (χ4v) is 4.25. The van der Waals surface area contributed by atoms with Crippen molar-refractivity contribution in [3.05, 3.63) is 66.7 Å². The average molecular weight is 386 g/mol. The summed E-state index contributed by atoms with van der Waals surface area (Å²) in [5.74, 6) is -0.736. The summed E-state index contributed by atoms with van der Waals surface area (Å²) in [6, 6.07) is 6.20. The van der Waals surface area contributed by atoms with Crippen LogP contribution < -0.4 is 0 Å². The fourth-order valence-electron chi connectivity index (χ4n) is 4.25. The average Bonchev–Trinajstić information content (AvgIpc) is 2.65. The van der Waals surface area contributed by atoms with E-state index in [1.54, 1.807) is 26.0 Å². The first-order valence-corrected chi connectivity index (χ1v) is 9.14. The molecule has 0 saturated heterocycles. The second kappa shape index (κ2) is 7.10. The molecule has 1 fully saturated rings. The lowest BCUT2D eigenvalue weighted by Crippen LogP contribution is -2.31. The van der Waals surface area contributed by atoms with E-state index in [1.807, 2.05) is 0 Å². The molecule has 148 valence electrons. The van der Waals surface area contributed by atoms with E-state index in [0.717, 1.165) is 19.3 Å². The zero-order valence-electron chi connectivity index (χ0n) is 15.8. The van der Waals surface area contributed by atoms with E-state index in [1.165, 1.54) is 12.1 Å². The zero-order valence-corrected chi connectivity index (χ0v) is 15.8. The summed E-state index contributed by atoms with van der Waals surface area (Å²) < 4.78 is 0. The number of nitrogens with zero attached hydrogens (tertiary/aromatic N) is 2. The highest BCUT2D eigenvalue weighted by molar-refractivity contribution is 5.60. The number of hydrogen-bond acceptors (Lipinski definition) is 6. The summed E-state index contributed by atoms with van der Waals surface area (Å²) in [6.07, 6.45) is 4.12. The normalized spacial score (nSPS) is 15.9. The number of benzene rings is 2. The van der Waals surface area contributed by atoms with Crippen molar-refractivity contribution >= 4 is 11.4 Å². The van der Waals surface area contributed by atoms with Crippen molar-refractivity contribution in [3.8, 4) is 11.5 Å². The third-order valence-electron chi connectivity index (χ3n) is 5.77. The second-order valence-corrected chi connectivity index (χ2v) is 7.48. The third-order valence-corrected chi connectivity index (χ3v) is 5.77. The summed E-state index contributed by atoms with van der Waals surface area (Å²) in [5.41, 5.74) is 0.709. The second-order valence-electron chi connectivity index (χ2n) is 7.48. The molecule has 2 aromatic rings. The molecule has 28 heavy (non-hydrogen) atoms. The van der Waals surface area contributed by atoms with Gasteiger partial charge >= 0.3 is 11.4 Å². The van der Waals surface area contributed by atoms with Gasteiger partial charge in [-0.1, -0.05) is 31.4 Å². The first-order chi connectivity index (χ1) is 13.2. The van der Waals surface area contributed by atoms with E-state index < -0.39 is 15.3 Å². The Hall–Kier alpha value is -3.16. The summed E-state index contributed by atoms with van der Waals surface area (Å²) in [7, 11) is 0. The van der Waals surface area contributed by atoms with Crippen LogP contribution in [0.5, 0.6) is 11.5 Å². The van der Waals surface area contributed by atoms with E-state index in [2.05, 4.69) is 0 Å². The van der Waals surface area contributed by atoms with Crippen LogP contribution in [-0.4, -0.2) is 20.1 Å². The van der Waals surface area contributed by atoms with Gasteiger partial charge in [0.15, 0.2) is 11.5 Å². The molecule has 1 saturated carbocycles. The van der Waals surface area contributed by atoms with Crippen LogP contribution in [0.1, 0.15) is 54.4 Å². The van der Waals surface area contributed by atoms with Crippen LogP contribution in [0.25, 0.3) is 0 Å². The molecule has 0 radical (unpaired) electrons. The van der Waals surface area contributed by atoms with Crippen LogP contribution in [0.3, 0.4) is 0 Å². The van der Waals surface area contributed by atoms with Crippen LogP contribution in [-0.2, 0) is 5.41 Å². The number of phenols is 2. The lowest BCUT2D eigenvalue weighted by Gasteiger charge is -2.39. The number of phenolic OH excluding ortho intramolecular Hbond substituents is 2. The van der Waals surface area contributed by atoms with Gasteiger partial charge in [0.2, 0.25) is 0 Å². The topological polar surface area (TPSA) is 127 Å². The van der Waals surface area contributed by atoms with Gasteiger partial charge in [0.25, 0.3) is 0 Å². The summed E-state index contributed by atoms with van der Waals surface area (Å²) in [6.45, 7) is 3.21. The highest BCUT2D eigenvalue weighted by Crippen LogP contribution is 2.49. The number of nitro benzene ring substituents is 2. The molecule has 0 bridgehead atoms. The molecule has 0 heterocycles. The maximum Gasteiger partial charge on any atom is 0.311 e. The van der Waals surface area contributed by atoms with Crippen molar-refractivity contribution in [2.24, 2.45) is 0 Å². The minimum atomic E-state index is -0.648. The zero-order chi connectivity index (χ0) is 20.6. The third kappa shape index (κ3) is 3.15. The van der Waals surface area contributed by atoms with Crippen molar-refractivity contribution in [2.45, 2.75) is 51.4 Å². The predicted molar refractivity (Wildman–Crippen MR) is 103 cm³/mol. The first kappa shape index (κ1) is 19.6. The van der Waals surface area contributed by atoms with E-state index in [4.69, 9.17) is 0 Å². The summed E-state index contributed by atoms with van der Waals surface area (Å²) >= 11 is 0. The molecular formula is C20H22N2O6. The van der Waals surface area contributed by atoms with Gasteiger partial charge in [-0.25, -0.2) is 0 Å². The Kier molecular flexibility index (Phi) is 4.97. The molecule has 2 N–H and O–H groups in total. The minimum absolute atomic E-state index is 0.368. The van der Waals surface area contributed by atoms with Gasteiger partial charge in [-0.15, -0.1) is 0 Å². The number of nitro groups is 2. The Balaban J connectivity index is 2.30. The lowest BCUT2D eigenvalue weighted by molar-refractivity contribution is -0.386. The monoisotopic (exact) mass is 386 g/mol. The van der Waals surface area contributed by atoms with Crippen LogP contribution in [0.2, 0.25) is 0 Å². The van der Waals surface area contributed by atoms with Crippen LogP contribution in [0.4, 0.5) is 11.4 Å². The Labute approximate surface area is 161 Å². The first-order valence-electron chi connectivity index (χ1n) is 9.14. The van der Waals surface area contributed by atoms with E-state index in [-0.39, 0.29) is 22.9 Å². The molecular weight excluding hydrogens is 364 g/mol. The summed E-state index contributed by atoms with van der Waals surface area (Å²) in [4.78, 5) is 21.6. The quantitative estimate of drug-likeness (QED) is 0.575. The predicted octanol–water partition coefficient (Wildman–Crippen LogP) is 4.78. The molecule has 0 atom stereocenters. The molecule has 3 rings (SSSR count). The fraction of sp³-hybridized carbons (Fsp3) is 0.400. The molecule has 2 aromatic carbocycles. The Bertz CT molecular complexity index is 892. The molecule has 0 amide bonds. The van der Waals surface area contributed by atoms with Crippen LogP contribution in [0, 0.1) is 34.1 Å². The van der Waals surface area contributed by atoms with Crippen LogP contribution in [0.15, 0.2) is 24.3 Å². The molecule has 8 heteroatoms. The van der Waals surface area contributed by atoms with Gasteiger partial charge in [-0.2, -0.15) is 0 Å². The number of hydrogen-bond donors (Lipinski definition) is 2. The maximum absolute atomic E-state index is 11.4. The highest BCUT2D eigenvalue weighted by atomic mass is 16.6. The van der Waals surface area contributed by atoms with E-state index >= 15 is 0 Å². The molecule has 0 aliphatic heterocycles. The van der Waals surface area contributed by atoms with E-state index in [9.17, 15) is 30.4 Å². The SMILES string of the molecule is Cc1cc(C2(c3cc(C)c(O)c([N+](=O)[O-])c3)CCCCC2)cc([N+](=O)[O-])c1O. The highest BCUT2D eigenvalue weighted by Gasteiger charge is 2.39. The van der Waals surface area contributed by atoms with Gasteiger partial charge in [0.05, 0.1) is 9.85 Å². The van der Waals surface area contributed by atoms with Gasteiger partial charge < -0.3 is 10.2 Å². The minimum Gasteiger partial charge on any atom is -0.502 e. The largest absolute Gasteiger partial charge is 0.502 e. The molecule has 1 aliphatic carbocycles. The Morgan fingerprint density at radius 1 is 0.786 bits per heavy atom. The van der Waals surface area contributed by atoms with Gasteiger partial charge in [-0.3, -0.25) is 20.2 Å². The van der Waals surface area contributed by atoms with Crippen molar-refractivity contribution < 1.29 is 20.1 Å². The van der Waals surface area contributed by atoms with Crippen molar-refractivity contribution in [1.29, 1.82) is 0 Å². The maximum atomic E-state index is 11.4. The molecule has 0 spiro atoms. The van der Waals surface area contributed by atoms with Crippen LogP contribution >= 0.6 is 0 Å². The standard InChI is InChI=1S/C20H22N2O6/c1-12-8-14(10-16(18(12)23)21(25)26)20(6-4-3-5-7-20)15-9-13(2)19(24)17(11-15)22(27)28/h8-11,23-24H,3-7H2,1-2H3. The lowest BCUT2D eigenvalue weighted by atomic mass is 9.64. The number of aromatic hydroxyl groups is 2. The Morgan fingerprint density at radius 2 is 1.18 bits per heavy atom. The van der Waals surface area contributed by atoms with Gasteiger partial charge in [0, 0.05) is 17.5 Å². The van der Waals surface area contributed by atoms with Gasteiger partial charge in [0.1, 0.15) is 0 Å². The Morgan fingerprint density at radius 3 is 1.54 bits per heavy atom. The molecule has 1 aliphatic rings.